The molecule has 5 heteroatoms. The lowest BCUT2D eigenvalue weighted by Gasteiger charge is -2.10. The first-order valence-corrected chi connectivity index (χ1v) is 8.02. The number of para-hydroxylation sites is 1. The number of hydrogen-bond acceptors (Lipinski definition) is 3. The van der Waals surface area contributed by atoms with Crippen LogP contribution >= 0.6 is 0 Å². The number of nitrogen functional groups attached to an aromatic ring is 1. The van der Waals surface area contributed by atoms with Crippen LogP contribution in [0.2, 0.25) is 0 Å². The van der Waals surface area contributed by atoms with E-state index in [4.69, 9.17) is 5.73 Å². The fourth-order valence-electron chi connectivity index (χ4n) is 1.94. The van der Waals surface area contributed by atoms with Crippen molar-refractivity contribution in [3.05, 3.63) is 59.7 Å². The quantitative estimate of drug-likeness (QED) is 0.831. The monoisotopic (exact) mass is 290 g/mol. The van der Waals surface area contributed by atoms with E-state index in [1.54, 1.807) is 24.3 Å². The molecule has 0 heterocycles. The highest BCUT2D eigenvalue weighted by molar-refractivity contribution is 7.92. The van der Waals surface area contributed by atoms with E-state index in [-0.39, 0.29) is 5.75 Å². The second-order valence-electron chi connectivity index (χ2n) is 4.72. The van der Waals surface area contributed by atoms with Crippen LogP contribution in [-0.4, -0.2) is 14.2 Å². The van der Waals surface area contributed by atoms with E-state index in [1.807, 2.05) is 31.2 Å². The van der Waals surface area contributed by atoms with E-state index in [1.165, 1.54) is 0 Å². The summed E-state index contributed by atoms with van der Waals surface area (Å²) in [6, 6.07) is 14.4. The maximum absolute atomic E-state index is 12.0. The third-order valence-electron chi connectivity index (χ3n) is 3.06. The summed E-state index contributed by atoms with van der Waals surface area (Å²) in [5.74, 6) is 0.0339. The van der Waals surface area contributed by atoms with E-state index >= 15 is 0 Å². The first kappa shape index (κ1) is 14.4. The van der Waals surface area contributed by atoms with E-state index < -0.39 is 10.0 Å². The van der Waals surface area contributed by atoms with Gasteiger partial charge in [0.2, 0.25) is 10.0 Å². The van der Waals surface area contributed by atoms with Crippen LogP contribution in [0.5, 0.6) is 0 Å². The molecule has 0 aliphatic rings. The topological polar surface area (TPSA) is 72.2 Å². The Labute approximate surface area is 119 Å². The van der Waals surface area contributed by atoms with Crippen molar-refractivity contribution >= 4 is 21.4 Å². The van der Waals surface area contributed by atoms with E-state index in [0.717, 1.165) is 11.1 Å². The predicted octanol–water partition coefficient (Wildman–Crippen LogP) is 2.56. The third-order valence-corrected chi connectivity index (χ3v) is 4.35. The number of nitrogens with one attached hydrogen (secondary N) is 1. The molecule has 106 valence electrons. The zero-order valence-corrected chi connectivity index (χ0v) is 12.2. The summed E-state index contributed by atoms with van der Waals surface area (Å²) in [6.45, 7) is 1.95. The molecule has 0 saturated carbocycles. The van der Waals surface area contributed by atoms with Crippen molar-refractivity contribution < 1.29 is 8.42 Å². The fourth-order valence-corrected chi connectivity index (χ4v) is 3.03. The van der Waals surface area contributed by atoms with Gasteiger partial charge in [0, 0.05) is 11.4 Å². The van der Waals surface area contributed by atoms with E-state index in [2.05, 4.69) is 4.72 Å². The van der Waals surface area contributed by atoms with Crippen LogP contribution in [0, 0.1) is 6.92 Å². The standard InChI is InChI=1S/C15H18N2O2S/c1-12-7-8-14(16)11-13(12)9-10-20(18,19)17-15-5-3-2-4-6-15/h2-8,11,17H,9-10,16H2,1H3. The van der Waals surface area contributed by atoms with Crippen molar-refractivity contribution in [1.82, 2.24) is 0 Å². The number of hydrogen-bond donors (Lipinski definition) is 2. The largest absolute Gasteiger partial charge is 0.399 e. The Morgan fingerprint density at radius 2 is 1.80 bits per heavy atom. The van der Waals surface area contributed by atoms with Gasteiger partial charge in [0.15, 0.2) is 0 Å². The molecule has 0 amide bonds. The maximum Gasteiger partial charge on any atom is 0.233 e. The number of sulfonamides is 1. The Morgan fingerprint density at radius 1 is 1.10 bits per heavy atom. The van der Waals surface area contributed by atoms with Gasteiger partial charge in [0.05, 0.1) is 5.75 Å². The molecule has 4 nitrogen and oxygen atoms in total. The molecule has 0 radical (unpaired) electrons. The van der Waals surface area contributed by atoms with Crippen LogP contribution in [0.15, 0.2) is 48.5 Å². The summed E-state index contributed by atoms with van der Waals surface area (Å²) < 4.78 is 26.6. The molecule has 0 bridgehead atoms. The van der Waals surface area contributed by atoms with Gasteiger partial charge in [0.1, 0.15) is 0 Å². The smallest absolute Gasteiger partial charge is 0.233 e. The summed E-state index contributed by atoms with van der Waals surface area (Å²) >= 11 is 0. The second kappa shape index (κ2) is 5.96. The van der Waals surface area contributed by atoms with Crippen molar-refractivity contribution in [2.75, 3.05) is 16.2 Å². The molecule has 0 aliphatic heterocycles. The Hall–Kier alpha value is -2.01. The number of anilines is 2. The van der Waals surface area contributed by atoms with E-state index in [9.17, 15) is 8.42 Å². The number of rotatable bonds is 5. The molecule has 0 unspecified atom stereocenters. The highest BCUT2D eigenvalue weighted by atomic mass is 32.2. The Bertz CT molecular complexity index is 682. The molecular formula is C15H18N2O2S. The van der Waals surface area contributed by atoms with Gasteiger partial charge in [-0.05, 0) is 48.7 Å². The SMILES string of the molecule is Cc1ccc(N)cc1CCS(=O)(=O)Nc1ccccc1. The van der Waals surface area contributed by atoms with Crippen LogP contribution < -0.4 is 10.5 Å². The molecule has 0 spiro atoms. The van der Waals surface area contributed by atoms with E-state index in [0.29, 0.717) is 17.8 Å². The minimum absolute atomic E-state index is 0.0339. The van der Waals surface area contributed by atoms with Crippen LogP contribution in [0.25, 0.3) is 0 Å². The normalized spacial score (nSPS) is 11.2. The Kier molecular flexibility index (Phi) is 4.29. The summed E-state index contributed by atoms with van der Waals surface area (Å²) in [5.41, 5.74) is 8.97. The summed E-state index contributed by atoms with van der Waals surface area (Å²) in [5, 5.41) is 0. The first-order valence-electron chi connectivity index (χ1n) is 6.37. The number of benzene rings is 2. The fraction of sp³-hybridized carbons (Fsp3) is 0.200. The van der Waals surface area contributed by atoms with Crippen molar-refractivity contribution in [2.24, 2.45) is 0 Å². The summed E-state index contributed by atoms with van der Waals surface area (Å²) in [7, 11) is -3.35. The number of nitrogens with two attached hydrogens (primary N) is 1. The van der Waals surface area contributed by atoms with Crippen molar-refractivity contribution in [3.8, 4) is 0 Å². The van der Waals surface area contributed by atoms with Gasteiger partial charge in [-0.3, -0.25) is 4.72 Å². The third kappa shape index (κ3) is 3.99. The van der Waals surface area contributed by atoms with Gasteiger partial charge >= 0.3 is 0 Å². The van der Waals surface area contributed by atoms with Crippen LogP contribution in [0.3, 0.4) is 0 Å². The van der Waals surface area contributed by atoms with Gasteiger partial charge in [0.25, 0.3) is 0 Å². The van der Waals surface area contributed by atoms with Gasteiger partial charge in [-0.1, -0.05) is 24.3 Å². The lowest BCUT2D eigenvalue weighted by molar-refractivity contribution is 0.600. The average Bonchev–Trinajstić information content (AvgIpc) is 2.40. The minimum atomic E-state index is -3.35. The highest BCUT2D eigenvalue weighted by Gasteiger charge is 2.11. The molecule has 0 saturated heterocycles. The van der Waals surface area contributed by atoms with Crippen molar-refractivity contribution in [3.63, 3.8) is 0 Å². The van der Waals surface area contributed by atoms with Crippen LogP contribution in [-0.2, 0) is 16.4 Å². The van der Waals surface area contributed by atoms with Gasteiger partial charge in [-0.15, -0.1) is 0 Å². The predicted molar refractivity (Wildman–Crippen MR) is 83.1 cm³/mol. The molecular weight excluding hydrogens is 272 g/mol. The maximum atomic E-state index is 12.0. The molecule has 2 aromatic carbocycles. The van der Waals surface area contributed by atoms with Gasteiger partial charge in [-0.2, -0.15) is 0 Å². The molecule has 3 N–H and O–H groups in total. The lowest BCUT2D eigenvalue weighted by Crippen LogP contribution is -2.18. The molecule has 2 aromatic rings. The molecule has 0 aromatic heterocycles. The molecule has 0 atom stereocenters. The zero-order chi connectivity index (χ0) is 14.6. The van der Waals surface area contributed by atoms with Gasteiger partial charge < -0.3 is 5.73 Å². The lowest BCUT2D eigenvalue weighted by atomic mass is 10.1. The number of aryl methyl sites for hydroxylation is 2. The molecule has 20 heavy (non-hydrogen) atoms. The molecule has 0 aliphatic carbocycles. The molecule has 2 rings (SSSR count). The average molecular weight is 290 g/mol. The first-order chi connectivity index (χ1) is 9.46. The van der Waals surface area contributed by atoms with Crippen molar-refractivity contribution in [2.45, 2.75) is 13.3 Å². The Morgan fingerprint density at radius 3 is 2.50 bits per heavy atom. The second-order valence-corrected chi connectivity index (χ2v) is 6.56. The highest BCUT2D eigenvalue weighted by Crippen LogP contribution is 2.15. The van der Waals surface area contributed by atoms with Crippen LogP contribution in [0.4, 0.5) is 11.4 Å². The van der Waals surface area contributed by atoms with Crippen LogP contribution in [0.1, 0.15) is 11.1 Å². The summed E-state index contributed by atoms with van der Waals surface area (Å²) in [4.78, 5) is 0. The zero-order valence-electron chi connectivity index (χ0n) is 11.3. The van der Waals surface area contributed by atoms with Gasteiger partial charge in [-0.25, -0.2) is 8.42 Å². The Balaban J connectivity index is 2.04. The minimum Gasteiger partial charge on any atom is -0.399 e. The van der Waals surface area contributed by atoms with Crippen molar-refractivity contribution in [1.29, 1.82) is 0 Å². The molecule has 0 fully saturated rings. The summed E-state index contributed by atoms with van der Waals surface area (Å²) in [6.07, 6.45) is 0.443.